The Morgan fingerprint density at radius 1 is 1.22 bits per heavy atom. The molecule has 1 rings (SSSR count). The third-order valence-corrected chi connectivity index (χ3v) is 3.22. The zero-order chi connectivity index (χ0) is 17.6. The molecule has 124 valence electrons. The highest BCUT2D eigenvalue weighted by Crippen LogP contribution is 2.30. The fraction of sp³-hybridized carbons (Fsp3) is 0.400. The van der Waals surface area contributed by atoms with E-state index in [1.807, 2.05) is 0 Å². The van der Waals surface area contributed by atoms with Crippen molar-refractivity contribution in [3.8, 4) is 0 Å². The second kappa shape index (κ2) is 8.02. The molecule has 1 N–H and O–H groups in total. The normalized spacial score (nSPS) is 10.0. The van der Waals surface area contributed by atoms with Crippen LogP contribution in [0.5, 0.6) is 0 Å². The lowest BCUT2D eigenvalue weighted by Crippen LogP contribution is -2.22. The minimum absolute atomic E-state index is 0.0446. The van der Waals surface area contributed by atoms with Crippen molar-refractivity contribution in [1.82, 2.24) is 0 Å². The number of amides is 1. The third kappa shape index (κ3) is 5.50. The summed E-state index contributed by atoms with van der Waals surface area (Å²) in [6, 6.07) is 2.89. The quantitative estimate of drug-likeness (QED) is 0.466. The van der Waals surface area contributed by atoms with Crippen LogP contribution >= 0.6 is 0 Å². The summed E-state index contributed by atoms with van der Waals surface area (Å²) in [5, 5.41) is 13.4. The molecule has 0 aliphatic rings. The van der Waals surface area contributed by atoms with Gasteiger partial charge in [0.2, 0.25) is 0 Å². The van der Waals surface area contributed by atoms with Crippen molar-refractivity contribution in [3.63, 3.8) is 0 Å². The molecule has 0 fully saturated rings. The number of hydrogen-bond acceptors (Lipinski definition) is 6. The fourth-order valence-corrected chi connectivity index (χ4v) is 1.78. The van der Waals surface area contributed by atoms with Gasteiger partial charge < -0.3 is 14.8 Å². The minimum atomic E-state index is -0.682. The van der Waals surface area contributed by atoms with E-state index in [1.165, 1.54) is 13.0 Å². The van der Waals surface area contributed by atoms with E-state index < -0.39 is 23.4 Å². The van der Waals surface area contributed by atoms with Gasteiger partial charge in [-0.15, -0.1) is 0 Å². The zero-order valence-electron chi connectivity index (χ0n) is 13.2. The molecule has 1 aromatic rings. The second-order valence-electron chi connectivity index (χ2n) is 5.07. The van der Waals surface area contributed by atoms with Crippen LogP contribution in [0.1, 0.15) is 30.9 Å². The van der Waals surface area contributed by atoms with Crippen molar-refractivity contribution in [2.24, 2.45) is 0 Å². The number of rotatable bonds is 7. The van der Waals surface area contributed by atoms with E-state index in [4.69, 9.17) is 4.74 Å². The number of benzene rings is 1. The van der Waals surface area contributed by atoms with E-state index in [9.17, 15) is 24.5 Å². The van der Waals surface area contributed by atoms with Crippen LogP contribution < -0.4 is 5.32 Å². The average Bonchev–Trinajstić information content (AvgIpc) is 2.47. The highest BCUT2D eigenvalue weighted by atomic mass is 16.6. The molecular formula is C15H18N2O6. The Kier molecular flexibility index (Phi) is 6.37. The molecule has 0 aliphatic carbocycles. The predicted molar refractivity (Wildman–Crippen MR) is 82.1 cm³/mol. The number of hydrogen-bond donors (Lipinski definition) is 1. The van der Waals surface area contributed by atoms with Gasteiger partial charge in [0.05, 0.1) is 11.3 Å². The Morgan fingerprint density at radius 3 is 2.43 bits per heavy atom. The predicted octanol–water partition coefficient (Wildman–Crippen LogP) is 2.06. The number of nitrogens with one attached hydrogen (secondary N) is 1. The smallest absolute Gasteiger partial charge is 0.306 e. The molecule has 0 unspecified atom stereocenters. The summed E-state index contributed by atoms with van der Waals surface area (Å²) < 4.78 is 4.72. The van der Waals surface area contributed by atoms with Gasteiger partial charge in [-0.05, 0) is 31.9 Å². The van der Waals surface area contributed by atoms with Crippen molar-refractivity contribution in [1.29, 1.82) is 0 Å². The molecule has 0 heterocycles. The largest absolute Gasteiger partial charge is 0.456 e. The monoisotopic (exact) mass is 322 g/mol. The molecule has 23 heavy (non-hydrogen) atoms. The number of carbonyl (C=O) groups excluding carboxylic acids is 3. The first-order valence-corrected chi connectivity index (χ1v) is 6.92. The first-order chi connectivity index (χ1) is 10.7. The van der Waals surface area contributed by atoms with Crippen molar-refractivity contribution in [3.05, 3.63) is 33.4 Å². The summed E-state index contributed by atoms with van der Waals surface area (Å²) in [5.74, 6) is -1.51. The lowest BCUT2D eigenvalue weighted by molar-refractivity contribution is -0.384. The summed E-state index contributed by atoms with van der Waals surface area (Å²) in [5.41, 5.74) is 1.20. The van der Waals surface area contributed by atoms with Gasteiger partial charge in [-0.3, -0.25) is 19.7 Å². The van der Waals surface area contributed by atoms with Crippen LogP contribution in [0.2, 0.25) is 0 Å². The summed E-state index contributed by atoms with van der Waals surface area (Å²) in [4.78, 5) is 44.3. The molecule has 0 radical (unpaired) electrons. The lowest BCUT2D eigenvalue weighted by atomic mass is 10.1. The molecule has 0 aromatic heterocycles. The maximum atomic E-state index is 11.8. The Morgan fingerprint density at radius 2 is 1.87 bits per heavy atom. The number of nitro benzene ring substituents is 1. The van der Waals surface area contributed by atoms with E-state index in [2.05, 4.69) is 5.32 Å². The zero-order valence-corrected chi connectivity index (χ0v) is 13.2. The molecule has 0 saturated heterocycles. The van der Waals surface area contributed by atoms with Crippen molar-refractivity contribution < 1.29 is 24.0 Å². The van der Waals surface area contributed by atoms with E-state index in [-0.39, 0.29) is 30.0 Å². The molecule has 0 bridgehead atoms. The Balaban J connectivity index is 2.71. The molecular weight excluding hydrogens is 304 g/mol. The molecule has 8 heteroatoms. The molecule has 1 amide bonds. The number of Topliss-reactive ketones (excluding diaryl/α,β-unsaturated/α-hetero) is 1. The van der Waals surface area contributed by atoms with Gasteiger partial charge in [-0.25, -0.2) is 0 Å². The first-order valence-electron chi connectivity index (χ1n) is 6.92. The minimum Gasteiger partial charge on any atom is -0.456 e. The van der Waals surface area contributed by atoms with Gasteiger partial charge in [0.25, 0.3) is 11.6 Å². The molecule has 0 atom stereocenters. The van der Waals surface area contributed by atoms with Crippen LogP contribution in [0.15, 0.2) is 12.1 Å². The average molecular weight is 322 g/mol. The lowest BCUT2D eigenvalue weighted by Gasteiger charge is -2.11. The first kappa shape index (κ1) is 18.3. The van der Waals surface area contributed by atoms with Crippen LogP contribution in [-0.4, -0.2) is 29.2 Å². The Hall–Kier alpha value is -2.77. The Bertz CT molecular complexity index is 654. The molecule has 1 aromatic carbocycles. The number of anilines is 1. The van der Waals surface area contributed by atoms with Gasteiger partial charge in [0, 0.05) is 12.5 Å². The van der Waals surface area contributed by atoms with E-state index in [1.54, 1.807) is 19.9 Å². The van der Waals surface area contributed by atoms with Crippen LogP contribution in [0.4, 0.5) is 11.4 Å². The van der Waals surface area contributed by atoms with Gasteiger partial charge in [-0.2, -0.15) is 0 Å². The maximum absolute atomic E-state index is 11.8. The standard InChI is InChI=1S/C15H18N2O6/c1-9-4-6-12(17(21)22)15(11(9)3)16-13(19)8-23-14(20)7-5-10(2)18/h4,6H,5,7-8H2,1-3H3,(H,16,19). The maximum Gasteiger partial charge on any atom is 0.306 e. The number of nitrogens with zero attached hydrogens (tertiary/aromatic N) is 1. The van der Waals surface area contributed by atoms with E-state index >= 15 is 0 Å². The van der Waals surface area contributed by atoms with Crippen molar-refractivity contribution >= 4 is 29.0 Å². The Labute approximate surface area is 133 Å². The van der Waals surface area contributed by atoms with Crippen molar-refractivity contribution in [2.75, 3.05) is 11.9 Å². The number of ketones is 1. The van der Waals surface area contributed by atoms with Crippen LogP contribution in [0, 0.1) is 24.0 Å². The summed E-state index contributed by atoms with van der Waals surface area (Å²) >= 11 is 0. The second-order valence-corrected chi connectivity index (χ2v) is 5.07. The SMILES string of the molecule is CC(=O)CCC(=O)OCC(=O)Nc1c([N+](=O)[O-])ccc(C)c1C. The van der Waals surface area contributed by atoms with Gasteiger partial charge in [-0.1, -0.05) is 6.07 Å². The van der Waals surface area contributed by atoms with Crippen LogP contribution in [0.3, 0.4) is 0 Å². The topological polar surface area (TPSA) is 116 Å². The molecule has 0 spiro atoms. The van der Waals surface area contributed by atoms with Gasteiger partial charge in [0.1, 0.15) is 11.5 Å². The highest BCUT2D eigenvalue weighted by molar-refractivity contribution is 5.96. The molecule has 0 aliphatic heterocycles. The molecule has 8 nitrogen and oxygen atoms in total. The fourth-order valence-electron chi connectivity index (χ4n) is 1.78. The number of esters is 1. The van der Waals surface area contributed by atoms with E-state index in [0.717, 1.165) is 5.56 Å². The van der Waals surface area contributed by atoms with Crippen LogP contribution in [-0.2, 0) is 19.1 Å². The summed E-state index contributed by atoms with van der Waals surface area (Å²) in [6.45, 7) is 4.19. The molecule has 0 saturated carbocycles. The van der Waals surface area contributed by atoms with Crippen LogP contribution in [0.25, 0.3) is 0 Å². The number of aryl methyl sites for hydroxylation is 1. The van der Waals surface area contributed by atoms with Crippen molar-refractivity contribution in [2.45, 2.75) is 33.6 Å². The van der Waals surface area contributed by atoms with Gasteiger partial charge in [0.15, 0.2) is 6.61 Å². The number of nitro groups is 1. The van der Waals surface area contributed by atoms with Gasteiger partial charge >= 0.3 is 5.97 Å². The number of ether oxygens (including phenoxy) is 1. The summed E-state index contributed by atoms with van der Waals surface area (Å²) in [7, 11) is 0. The van der Waals surface area contributed by atoms with E-state index in [0.29, 0.717) is 5.56 Å². The third-order valence-electron chi connectivity index (χ3n) is 3.22. The number of carbonyl (C=O) groups is 3. The highest BCUT2D eigenvalue weighted by Gasteiger charge is 2.20. The summed E-state index contributed by atoms with van der Waals surface area (Å²) in [6.07, 6.45) is -0.0604.